The van der Waals surface area contributed by atoms with Gasteiger partial charge in [-0.05, 0) is 55.7 Å². The van der Waals surface area contributed by atoms with Gasteiger partial charge in [0.1, 0.15) is 11.8 Å². The number of carbonyl (C=O) groups excluding carboxylic acids is 2. The maximum atomic E-state index is 13.2. The molecule has 8 nitrogen and oxygen atoms in total. The molecule has 2 N–H and O–H groups in total. The van der Waals surface area contributed by atoms with E-state index in [0.717, 1.165) is 28.1 Å². The van der Waals surface area contributed by atoms with E-state index >= 15 is 0 Å². The third-order valence-electron chi connectivity index (χ3n) is 6.60. The molecule has 0 saturated heterocycles. The van der Waals surface area contributed by atoms with Gasteiger partial charge in [-0.15, -0.1) is 0 Å². The van der Waals surface area contributed by atoms with E-state index in [1.807, 2.05) is 87.5 Å². The van der Waals surface area contributed by atoms with Gasteiger partial charge in [-0.2, -0.15) is 5.10 Å². The maximum Gasteiger partial charge on any atom is 0.253 e. The molecular formula is C30H28N6O2. The van der Waals surface area contributed by atoms with Crippen molar-refractivity contribution in [1.82, 2.24) is 24.9 Å². The highest BCUT2D eigenvalue weighted by atomic mass is 16.1. The number of anilines is 2. The van der Waals surface area contributed by atoms with E-state index in [-0.39, 0.29) is 24.2 Å². The molecule has 0 aliphatic carbocycles. The molecule has 0 aliphatic heterocycles. The molecule has 0 aliphatic rings. The lowest BCUT2D eigenvalue weighted by Gasteiger charge is -2.14. The van der Waals surface area contributed by atoms with Crippen molar-refractivity contribution < 1.29 is 9.59 Å². The second kappa shape index (κ2) is 10.6. The van der Waals surface area contributed by atoms with Gasteiger partial charge in [-0.1, -0.05) is 48.5 Å². The number of hydrogen-bond acceptors (Lipinski definition) is 6. The van der Waals surface area contributed by atoms with E-state index < -0.39 is 0 Å². The van der Waals surface area contributed by atoms with Crippen molar-refractivity contribution in [3.63, 3.8) is 0 Å². The third-order valence-corrected chi connectivity index (χ3v) is 6.60. The number of amides is 1. The molecule has 8 heteroatoms. The molecule has 1 amide bonds. The van der Waals surface area contributed by atoms with Crippen LogP contribution in [0.15, 0.2) is 85.5 Å². The molecule has 0 saturated carbocycles. The minimum absolute atomic E-state index is 0.0232. The summed E-state index contributed by atoms with van der Waals surface area (Å²) < 4.78 is 1.65. The van der Waals surface area contributed by atoms with Crippen LogP contribution in [0, 0.1) is 13.8 Å². The summed E-state index contributed by atoms with van der Waals surface area (Å²) in [6.45, 7) is 5.80. The largest absolute Gasteiger partial charge is 0.345 e. The van der Waals surface area contributed by atoms with Gasteiger partial charge in [0, 0.05) is 29.3 Å². The zero-order valence-corrected chi connectivity index (χ0v) is 21.5. The predicted octanol–water partition coefficient (Wildman–Crippen LogP) is 5.40. The quantitative estimate of drug-likeness (QED) is 0.274. The normalized spacial score (nSPS) is 11.8. The standard InChI is InChI=1S/C30H28N6O2/c1-19-12-13-23(27(37)16-24-11-7-8-14-31-24)15-26(19)35-29-28-20(2)25(17-36(28)33-18-32-29)30(38)34-21(3)22-9-5-4-6-10-22/h4-15,17-18,21H,16H2,1-3H3,(H,34,38)(H,32,33,35)/t21-/m0/s1. The van der Waals surface area contributed by atoms with Crippen LogP contribution in [-0.4, -0.2) is 31.3 Å². The highest BCUT2D eigenvalue weighted by Gasteiger charge is 2.20. The van der Waals surface area contributed by atoms with Crippen LogP contribution in [0.4, 0.5) is 11.5 Å². The van der Waals surface area contributed by atoms with Gasteiger partial charge in [0.25, 0.3) is 5.91 Å². The van der Waals surface area contributed by atoms with E-state index in [1.165, 1.54) is 6.33 Å². The fourth-order valence-electron chi connectivity index (χ4n) is 4.41. The van der Waals surface area contributed by atoms with Crippen LogP contribution < -0.4 is 10.6 Å². The second-order valence-corrected chi connectivity index (χ2v) is 9.25. The number of aryl methyl sites for hydroxylation is 2. The van der Waals surface area contributed by atoms with E-state index in [4.69, 9.17) is 0 Å². The van der Waals surface area contributed by atoms with E-state index in [0.29, 0.717) is 22.5 Å². The number of hydrogen-bond donors (Lipinski definition) is 2. The second-order valence-electron chi connectivity index (χ2n) is 9.25. The number of rotatable bonds is 8. The zero-order valence-electron chi connectivity index (χ0n) is 21.5. The van der Waals surface area contributed by atoms with E-state index in [1.54, 1.807) is 16.9 Å². The summed E-state index contributed by atoms with van der Waals surface area (Å²) in [6.07, 6.45) is 5.05. The zero-order chi connectivity index (χ0) is 26.6. The Kier molecular flexibility index (Phi) is 6.95. The Morgan fingerprint density at radius 1 is 0.974 bits per heavy atom. The van der Waals surface area contributed by atoms with Crippen molar-refractivity contribution in [3.05, 3.63) is 119 Å². The summed E-state index contributed by atoms with van der Waals surface area (Å²) >= 11 is 0. The lowest BCUT2D eigenvalue weighted by molar-refractivity contribution is 0.0938. The summed E-state index contributed by atoms with van der Waals surface area (Å²) in [5.74, 6) is 0.337. The number of nitrogens with zero attached hydrogens (tertiary/aromatic N) is 4. The van der Waals surface area contributed by atoms with Crippen molar-refractivity contribution in [3.8, 4) is 0 Å². The molecule has 5 rings (SSSR count). The first-order chi connectivity index (χ1) is 18.4. The molecule has 5 aromatic rings. The molecule has 38 heavy (non-hydrogen) atoms. The Morgan fingerprint density at radius 2 is 1.76 bits per heavy atom. The smallest absolute Gasteiger partial charge is 0.253 e. The highest BCUT2D eigenvalue weighted by molar-refractivity contribution is 6.00. The number of pyridine rings is 1. The summed E-state index contributed by atoms with van der Waals surface area (Å²) in [6, 6.07) is 20.8. The minimum Gasteiger partial charge on any atom is -0.345 e. The van der Waals surface area contributed by atoms with Crippen molar-refractivity contribution in [2.24, 2.45) is 0 Å². The number of benzene rings is 2. The summed E-state index contributed by atoms with van der Waals surface area (Å²) in [5.41, 5.74) is 6.00. The summed E-state index contributed by atoms with van der Waals surface area (Å²) in [7, 11) is 0. The Bertz CT molecular complexity index is 1610. The predicted molar refractivity (Wildman–Crippen MR) is 147 cm³/mol. The van der Waals surface area contributed by atoms with Gasteiger partial charge >= 0.3 is 0 Å². The molecule has 0 radical (unpaired) electrons. The molecule has 3 heterocycles. The fraction of sp³-hybridized carbons (Fsp3) is 0.167. The highest BCUT2D eigenvalue weighted by Crippen LogP contribution is 2.28. The molecule has 0 bridgehead atoms. The van der Waals surface area contributed by atoms with E-state index in [2.05, 4.69) is 25.7 Å². The van der Waals surface area contributed by atoms with Crippen LogP contribution in [0.3, 0.4) is 0 Å². The summed E-state index contributed by atoms with van der Waals surface area (Å²) in [5, 5.41) is 10.8. The van der Waals surface area contributed by atoms with Crippen LogP contribution in [0.5, 0.6) is 0 Å². The number of aromatic nitrogens is 4. The van der Waals surface area contributed by atoms with Crippen molar-refractivity contribution in [2.45, 2.75) is 33.2 Å². The average molecular weight is 505 g/mol. The fourth-order valence-corrected chi connectivity index (χ4v) is 4.41. The van der Waals surface area contributed by atoms with Gasteiger partial charge in [0.2, 0.25) is 0 Å². The molecule has 0 unspecified atom stereocenters. The molecule has 0 spiro atoms. The van der Waals surface area contributed by atoms with Crippen molar-refractivity contribution in [1.29, 1.82) is 0 Å². The molecule has 3 aromatic heterocycles. The Hall–Kier alpha value is -4.85. The SMILES string of the molecule is Cc1ccc(C(=O)Cc2ccccn2)cc1Nc1ncnn2cc(C(=O)N[C@@H](C)c3ccccc3)c(C)c12. The topological polar surface area (TPSA) is 101 Å². The lowest BCUT2D eigenvalue weighted by Crippen LogP contribution is -2.26. The number of Topliss-reactive ketones (excluding diaryl/α,β-unsaturated/α-hetero) is 1. The Labute approximate surface area is 220 Å². The van der Waals surface area contributed by atoms with Crippen LogP contribution in [-0.2, 0) is 6.42 Å². The van der Waals surface area contributed by atoms with Crippen LogP contribution >= 0.6 is 0 Å². The van der Waals surface area contributed by atoms with Crippen LogP contribution in [0.25, 0.3) is 5.52 Å². The Balaban J connectivity index is 1.41. The van der Waals surface area contributed by atoms with Crippen LogP contribution in [0.1, 0.15) is 56.1 Å². The van der Waals surface area contributed by atoms with Gasteiger partial charge in [0.05, 0.1) is 18.0 Å². The lowest BCUT2D eigenvalue weighted by atomic mass is 10.0. The van der Waals surface area contributed by atoms with Crippen LogP contribution in [0.2, 0.25) is 0 Å². The number of fused-ring (bicyclic) bond motifs is 1. The summed E-state index contributed by atoms with van der Waals surface area (Å²) in [4.78, 5) is 34.8. The van der Waals surface area contributed by atoms with Gasteiger partial charge in [0.15, 0.2) is 11.6 Å². The average Bonchev–Trinajstić information content (AvgIpc) is 3.28. The number of ketones is 1. The molecule has 190 valence electrons. The van der Waals surface area contributed by atoms with Crippen molar-refractivity contribution in [2.75, 3.05) is 5.32 Å². The molecular weight excluding hydrogens is 476 g/mol. The van der Waals surface area contributed by atoms with Gasteiger partial charge < -0.3 is 10.6 Å². The molecule has 2 aromatic carbocycles. The first-order valence-corrected chi connectivity index (χ1v) is 12.4. The first-order valence-electron chi connectivity index (χ1n) is 12.4. The third kappa shape index (κ3) is 5.15. The maximum absolute atomic E-state index is 13.2. The number of nitrogens with one attached hydrogen (secondary N) is 2. The first kappa shape index (κ1) is 24.8. The molecule has 0 fully saturated rings. The molecule has 1 atom stereocenters. The number of carbonyl (C=O) groups is 2. The van der Waals surface area contributed by atoms with E-state index in [9.17, 15) is 9.59 Å². The van der Waals surface area contributed by atoms with Crippen molar-refractivity contribution >= 4 is 28.7 Å². The van der Waals surface area contributed by atoms with Gasteiger partial charge in [-0.3, -0.25) is 14.6 Å². The monoisotopic (exact) mass is 504 g/mol. The minimum atomic E-state index is -0.186. The Morgan fingerprint density at radius 3 is 2.53 bits per heavy atom. The van der Waals surface area contributed by atoms with Gasteiger partial charge in [-0.25, -0.2) is 9.50 Å².